The van der Waals surface area contributed by atoms with Crippen LogP contribution in [-0.2, 0) is 16.0 Å². The van der Waals surface area contributed by atoms with Gasteiger partial charge in [-0.15, -0.1) is 0 Å². The summed E-state index contributed by atoms with van der Waals surface area (Å²) in [6.07, 6.45) is 14.4. The van der Waals surface area contributed by atoms with Crippen LogP contribution in [0.3, 0.4) is 0 Å². The van der Waals surface area contributed by atoms with E-state index in [1.165, 1.54) is 29.4 Å². The van der Waals surface area contributed by atoms with Gasteiger partial charge in [-0.3, -0.25) is 14.5 Å². The van der Waals surface area contributed by atoms with Gasteiger partial charge in [0.25, 0.3) is 0 Å². The molecular formula is C36H46N4O3. The SMILES string of the molecule is O=C(Oc1cccc2c1N(C(=O)C1CCCCC1)C(CN1CCN(c3cccc4[nH]ccc34)CC1)CC2)C1CCCCC1. The van der Waals surface area contributed by atoms with Gasteiger partial charge in [-0.25, -0.2) is 0 Å². The molecular weight excluding hydrogens is 536 g/mol. The molecule has 2 aliphatic heterocycles. The Hall–Kier alpha value is -3.32. The molecule has 7 nitrogen and oxygen atoms in total. The predicted octanol–water partition coefficient (Wildman–Crippen LogP) is 6.70. The number of carbonyl (C=O) groups excluding carboxylic acids is 2. The third-order valence-electron chi connectivity index (χ3n) is 10.5. The minimum Gasteiger partial charge on any atom is -0.424 e. The highest BCUT2D eigenvalue weighted by molar-refractivity contribution is 5.99. The molecule has 3 heterocycles. The minimum absolute atomic E-state index is 0.0279. The number of nitrogens with zero attached hydrogens (tertiary/aromatic N) is 3. The van der Waals surface area contributed by atoms with E-state index in [0.717, 1.165) is 108 Å². The van der Waals surface area contributed by atoms with Gasteiger partial charge in [-0.1, -0.05) is 56.7 Å². The molecule has 1 unspecified atom stereocenters. The van der Waals surface area contributed by atoms with E-state index in [9.17, 15) is 9.59 Å². The summed E-state index contributed by atoms with van der Waals surface area (Å²) in [6.45, 7) is 4.72. The molecule has 1 saturated heterocycles. The van der Waals surface area contributed by atoms with Crippen LogP contribution in [0.2, 0.25) is 0 Å². The third-order valence-corrected chi connectivity index (χ3v) is 10.5. The number of nitrogens with one attached hydrogen (secondary N) is 1. The molecule has 3 fully saturated rings. The number of esters is 1. The van der Waals surface area contributed by atoms with E-state index in [-0.39, 0.29) is 29.8 Å². The second kappa shape index (κ2) is 12.7. The van der Waals surface area contributed by atoms with Crippen molar-refractivity contribution in [2.75, 3.05) is 42.5 Å². The fourth-order valence-electron chi connectivity index (χ4n) is 8.11. The molecule has 0 radical (unpaired) electrons. The van der Waals surface area contributed by atoms with Crippen LogP contribution in [0, 0.1) is 11.8 Å². The molecule has 0 spiro atoms. The molecule has 1 N–H and O–H groups in total. The molecule has 0 bridgehead atoms. The number of aromatic nitrogens is 1. The lowest BCUT2D eigenvalue weighted by Gasteiger charge is -2.44. The van der Waals surface area contributed by atoms with Crippen LogP contribution in [0.4, 0.5) is 11.4 Å². The molecule has 43 heavy (non-hydrogen) atoms. The highest BCUT2D eigenvalue weighted by Gasteiger charge is 2.39. The van der Waals surface area contributed by atoms with E-state index in [1.54, 1.807) is 0 Å². The van der Waals surface area contributed by atoms with Gasteiger partial charge in [-0.05, 0) is 68.4 Å². The number of anilines is 2. The highest BCUT2D eigenvalue weighted by Crippen LogP contribution is 2.42. The van der Waals surface area contributed by atoms with Crippen molar-refractivity contribution in [3.63, 3.8) is 0 Å². The number of H-pyrrole nitrogens is 1. The quantitative estimate of drug-likeness (QED) is 0.259. The van der Waals surface area contributed by atoms with Crippen LogP contribution in [0.15, 0.2) is 48.7 Å². The zero-order valence-electron chi connectivity index (χ0n) is 25.4. The Labute approximate surface area is 255 Å². The Kier molecular flexibility index (Phi) is 8.42. The zero-order valence-corrected chi connectivity index (χ0v) is 25.4. The van der Waals surface area contributed by atoms with Crippen molar-refractivity contribution in [1.29, 1.82) is 0 Å². The minimum atomic E-state index is -0.117. The van der Waals surface area contributed by atoms with E-state index < -0.39 is 0 Å². The van der Waals surface area contributed by atoms with E-state index in [4.69, 9.17) is 4.74 Å². The highest BCUT2D eigenvalue weighted by atomic mass is 16.5. The van der Waals surface area contributed by atoms with Crippen molar-refractivity contribution in [3.8, 4) is 5.75 Å². The number of hydrogen-bond acceptors (Lipinski definition) is 5. The van der Waals surface area contributed by atoms with Gasteiger partial charge in [0.15, 0.2) is 5.75 Å². The van der Waals surface area contributed by atoms with Crippen LogP contribution < -0.4 is 14.5 Å². The van der Waals surface area contributed by atoms with Gasteiger partial charge in [0.05, 0.1) is 17.6 Å². The first kappa shape index (κ1) is 28.5. The van der Waals surface area contributed by atoms with Crippen molar-refractivity contribution < 1.29 is 14.3 Å². The Morgan fingerprint density at radius 2 is 1.51 bits per heavy atom. The monoisotopic (exact) mass is 582 g/mol. The summed E-state index contributed by atoms with van der Waals surface area (Å²) in [5.74, 6) is 0.743. The first-order valence-corrected chi connectivity index (χ1v) is 16.9. The van der Waals surface area contributed by atoms with Crippen molar-refractivity contribution in [3.05, 3.63) is 54.2 Å². The Bertz CT molecular complexity index is 1430. The average Bonchev–Trinajstić information content (AvgIpc) is 3.55. The second-order valence-corrected chi connectivity index (χ2v) is 13.3. The number of aromatic amines is 1. The molecule has 228 valence electrons. The van der Waals surface area contributed by atoms with Crippen LogP contribution in [-0.4, -0.2) is 60.5 Å². The molecule has 3 aromatic rings. The van der Waals surface area contributed by atoms with Crippen molar-refractivity contribution >= 4 is 34.2 Å². The molecule has 2 aliphatic carbocycles. The normalized spacial score (nSPS) is 22.5. The molecule has 2 saturated carbocycles. The number of rotatable bonds is 6. The number of benzene rings is 2. The molecule has 4 aliphatic rings. The van der Waals surface area contributed by atoms with Crippen LogP contribution in [0.25, 0.3) is 10.9 Å². The zero-order chi connectivity index (χ0) is 29.2. The Balaban J connectivity index is 1.11. The van der Waals surface area contributed by atoms with Crippen LogP contribution >= 0.6 is 0 Å². The summed E-state index contributed by atoms with van der Waals surface area (Å²) < 4.78 is 6.19. The number of hydrogen-bond donors (Lipinski definition) is 1. The van der Waals surface area contributed by atoms with Gasteiger partial charge >= 0.3 is 5.97 Å². The second-order valence-electron chi connectivity index (χ2n) is 13.3. The fraction of sp³-hybridized carbons (Fsp3) is 0.556. The maximum absolute atomic E-state index is 14.4. The van der Waals surface area contributed by atoms with Gasteiger partial charge in [0.1, 0.15) is 0 Å². The van der Waals surface area contributed by atoms with Gasteiger partial charge in [0, 0.05) is 61.4 Å². The standard InChI is InChI=1S/C36H46N4O3/c41-35(27-9-3-1-4-10-27)40-29(25-38-21-23-39(24-22-38)32-15-8-14-31-30(32)19-20-37-31)18-17-26-13-7-16-33(34(26)40)43-36(42)28-11-5-2-6-12-28/h7-8,13-16,19-20,27-29,37H,1-6,9-12,17-18,21-25H2. The van der Waals surface area contributed by atoms with Crippen LogP contribution in [0.5, 0.6) is 5.75 Å². The summed E-state index contributed by atoms with van der Waals surface area (Å²) >= 11 is 0. The number of fused-ring (bicyclic) bond motifs is 2. The topological polar surface area (TPSA) is 68.9 Å². The van der Waals surface area contributed by atoms with Crippen molar-refractivity contribution in [1.82, 2.24) is 9.88 Å². The largest absolute Gasteiger partial charge is 0.424 e. The number of carbonyl (C=O) groups is 2. The summed E-state index contributed by atoms with van der Waals surface area (Å²) in [4.78, 5) is 38.2. The van der Waals surface area contributed by atoms with Gasteiger partial charge in [-0.2, -0.15) is 0 Å². The number of aryl methyl sites for hydroxylation is 1. The first-order chi connectivity index (χ1) is 21.2. The number of para-hydroxylation sites is 1. The summed E-state index contributed by atoms with van der Waals surface area (Å²) in [5.41, 5.74) is 4.48. The van der Waals surface area contributed by atoms with E-state index >= 15 is 0 Å². The summed E-state index contributed by atoms with van der Waals surface area (Å²) in [6, 6.07) is 14.8. The molecule has 7 heteroatoms. The number of amides is 1. The van der Waals surface area contributed by atoms with Gasteiger partial charge in [0.2, 0.25) is 5.91 Å². The van der Waals surface area contributed by atoms with Crippen molar-refractivity contribution in [2.24, 2.45) is 11.8 Å². The number of ether oxygens (including phenoxy) is 1. The van der Waals surface area contributed by atoms with Gasteiger partial charge < -0.3 is 19.5 Å². The Morgan fingerprint density at radius 3 is 2.28 bits per heavy atom. The fourth-order valence-corrected chi connectivity index (χ4v) is 8.11. The number of piperazine rings is 1. The summed E-state index contributed by atoms with van der Waals surface area (Å²) in [7, 11) is 0. The van der Waals surface area contributed by atoms with E-state index in [2.05, 4.69) is 50.0 Å². The predicted molar refractivity (Wildman–Crippen MR) is 172 cm³/mol. The lowest BCUT2D eigenvalue weighted by atomic mass is 9.86. The van der Waals surface area contributed by atoms with E-state index in [0.29, 0.717) is 5.75 Å². The molecule has 2 aromatic carbocycles. The lowest BCUT2D eigenvalue weighted by molar-refractivity contribution is -0.140. The molecule has 1 atom stereocenters. The summed E-state index contributed by atoms with van der Waals surface area (Å²) in [5, 5.41) is 1.28. The smallest absolute Gasteiger partial charge is 0.314 e. The van der Waals surface area contributed by atoms with Crippen molar-refractivity contribution in [2.45, 2.75) is 83.1 Å². The first-order valence-electron chi connectivity index (χ1n) is 16.9. The lowest BCUT2D eigenvalue weighted by Crippen LogP contribution is -2.55. The Morgan fingerprint density at radius 1 is 0.791 bits per heavy atom. The molecule has 1 aromatic heterocycles. The van der Waals surface area contributed by atoms with Crippen LogP contribution in [0.1, 0.15) is 76.2 Å². The maximum atomic E-state index is 14.4. The molecule has 1 amide bonds. The average molecular weight is 583 g/mol. The molecule has 7 rings (SSSR count). The van der Waals surface area contributed by atoms with E-state index in [1.807, 2.05) is 18.3 Å². The maximum Gasteiger partial charge on any atom is 0.314 e. The third kappa shape index (κ3) is 5.93.